The minimum Gasteiger partial charge on any atom is -0.382 e. The van der Waals surface area contributed by atoms with Gasteiger partial charge in [-0.05, 0) is 32.4 Å². The van der Waals surface area contributed by atoms with Crippen LogP contribution in [0.4, 0.5) is 0 Å². The van der Waals surface area contributed by atoms with Gasteiger partial charge in [0.25, 0.3) is 0 Å². The molecule has 0 aliphatic carbocycles. The van der Waals surface area contributed by atoms with Crippen molar-refractivity contribution in [1.82, 2.24) is 15.5 Å². The molecule has 0 saturated heterocycles. The molecule has 0 heterocycles. The van der Waals surface area contributed by atoms with Crippen LogP contribution < -0.4 is 10.6 Å². The lowest BCUT2D eigenvalue weighted by atomic mass is 10.0. The van der Waals surface area contributed by atoms with E-state index in [1.54, 1.807) is 14.2 Å². The molecule has 0 aliphatic rings. The molecule has 0 fully saturated rings. The van der Waals surface area contributed by atoms with Gasteiger partial charge in [-0.2, -0.15) is 0 Å². The van der Waals surface area contributed by atoms with Gasteiger partial charge >= 0.3 is 0 Å². The van der Waals surface area contributed by atoms with Gasteiger partial charge in [0, 0.05) is 20.7 Å². The maximum absolute atomic E-state index is 12.6. The molecule has 0 aromatic heterocycles. The van der Waals surface area contributed by atoms with Gasteiger partial charge in [-0.15, -0.1) is 0 Å². The fourth-order valence-electron chi connectivity index (χ4n) is 2.80. The normalized spacial score (nSPS) is 12.2. The van der Waals surface area contributed by atoms with Crippen LogP contribution in [-0.2, 0) is 23.8 Å². The minimum absolute atomic E-state index is 0.0157. The molecule has 1 unspecified atom stereocenters. The van der Waals surface area contributed by atoms with Crippen LogP contribution in [0.15, 0.2) is 0 Å². The van der Waals surface area contributed by atoms with Gasteiger partial charge in [-0.3, -0.25) is 9.59 Å². The number of unbranched alkanes of at least 4 members (excludes halogenated alkanes) is 3. The van der Waals surface area contributed by atoms with Gasteiger partial charge in [0.15, 0.2) is 0 Å². The summed E-state index contributed by atoms with van der Waals surface area (Å²) in [5.74, 6) is -0.302. The SMILES string of the molecule is CNCCCCCCNC(=O)C(C(C)C)N(C)C(=O)COCCOCCOC. The van der Waals surface area contributed by atoms with Crippen molar-refractivity contribution in [3.8, 4) is 0 Å². The third-order valence-corrected chi connectivity index (χ3v) is 4.39. The maximum atomic E-state index is 12.6. The van der Waals surface area contributed by atoms with E-state index in [-0.39, 0.29) is 24.3 Å². The average Bonchev–Trinajstić information content (AvgIpc) is 2.66. The second-order valence-electron chi connectivity index (χ2n) is 7.16. The fourth-order valence-corrected chi connectivity index (χ4v) is 2.80. The molecule has 2 N–H and O–H groups in total. The molecule has 0 aromatic rings. The second-order valence-corrected chi connectivity index (χ2v) is 7.16. The van der Waals surface area contributed by atoms with E-state index in [9.17, 15) is 9.59 Å². The average molecular weight is 404 g/mol. The summed E-state index contributed by atoms with van der Waals surface area (Å²) in [4.78, 5) is 26.4. The van der Waals surface area contributed by atoms with Gasteiger partial charge in [0.1, 0.15) is 12.6 Å². The molecule has 8 heteroatoms. The summed E-state index contributed by atoms with van der Waals surface area (Å²) >= 11 is 0. The van der Waals surface area contributed by atoms with Crippen molar-refractivity contribution >= 4 is 11.8 Å². The summed E-state index contributed by atoms with van der Waals surface area (Å²) in [6.07, 6.45) is 4.33. The number of nitrogens with one attached hydrogen (secondary N) is 2. The highest BCUT2D eigenvalue weighted by molar-refractivity contribution is 5.88. The molecule has 8 nitrogen and oxygen atoms in total. The summed E-state index contributed by atoms with van der Waals surface area (Å²) in [7, 11) is 5.22. The summed E-state index contributed by atoms with van der Waals surface area (Å²) in [5.41, 5.74) is 0. The van der Waals surface area contributed by atoms with Crippen LogP contribution in [0.3, 0.4) is 0 Å². The third-order valence-electron chi connectivity index (χ3n) is 4.39. The Bertz CT molecular complexity index is 407. The molecular formula is C20H41N3O5. The van der Waals surface area contributed by atoms with E-state index in [4.69, 9.17) is 14.2 Å². The first kappa shape index (κ1) is 26.8. The first-order chi connectivity index (χ1) is 13.5. The van der Waals surface area contributed by atoms with Crippen LogP contribution in [-0.4, -0.2) is 90.1 Å². The number of nitrogens with zero attached hydrogens (tertiary/aromatic N) is 1. The first-order valence-corrected chi connectivity index (χ1v) is 10.3. The Morgan fingerprint density at radius 3 is 2.14 bits per heavy atom. The predicted octanol–water partition coefficient (Wildman–Crippen LogP) is 1.05. The zero-order valence-electron chi connectivity index (χ0n) is 18.4. The van der Waals surface area contributed by atoms with Crippen molar-refractivity contribution < 1.29 is 23.8 Å². The Hall–Kier alpha value is -1.22. The topological polar surface area (TPSA) is 89.1 Å². The molecule has 166 valence electrons. The van der Waals surface area contributed by atoms with E-state index in [1.807, 2.05) is 20.9 Å². The minimum atomic E-state index is -0.502. The highest BCUT2D eigenvalue weighted by atomic mass is 16.5. The smallest absolute Gasteiger partial charge is 0.249 e. The molecule has 0 rings (SSSR count). The van der Waals surface area contributed by atoms with Crippen LogP contribution in [0.2, 0.25) is 0 Å². The number of amides is 2. The number of carbonyl (C=O) groups is 2. The van der Waals surface area contributed by atoms with Gasteiger partial charge in [0.05, 0.1) is 26.4 Å². The van der Waals surface area contributed by atoms with Gasteiger partial charge in [-0.25, -0.2) is 0 Å². The van der Waals surface area contributed by atoms with E-state index in [0.29, 0.717) is 33.0 Å². The standard InChI is InChI=1S/C20H41N3O5/c1-17(2)19(20(25)22-11-9-7-6-8-10-21-3)23(4)18(24)16-28-15-14-27-13-12-26-5/h17,19,21H,6-16H2,1-5H3,(H,22,25). The lowest BCUT2D eigenvalue weighted by molar-refractivity contribution is -0.144. The van der Waals surface area contributed by atoms with Crippen molar-refractivity contribution in [3.63, 3.8) is 0 Å². The maximum Gasteiger partial charge on any atom is 0.249 e. The second kappa shape index (κ2) is 17.8. The van der Waals surface area contributed by atoms with Crippen LogP contribution in [0.25, 0.3) is 0 Å². The molecule has 1 atom stereocenters. The molecule has 0 aliphatic heterocycles. The van der Waals surface area contributed by atoms with E-state index in [2.05, 4.69) is 10.6 Å². The highest BCUT2D eigenvalue weighted by Crippen LogP contribution is 2.10. The molecule has 28 heavy (non-hydrogen) atoms. The third kappa shape index (κ3) is 13.0. The molecule has 0 radical (unpaired) electrons. The molecule has 0 spiro atoms. The Labute approximate surface area is 170 Å². The Balaban J connectivity index is 4.15. The highest BCUT2D eigenvalue weighted by Gasteiger charge is 2.29. The van der Waals surface area contributed by atoms with E-state index < -0.39 is 6.04 Å². The number of likely N-dealkylation sites (N-methyl/N-ethyl adjacent to an activating group) is 1. The summed E-state index contributed by atoms with van der Waals surface area (Å²) in [6, 6.07) is -0.502. The number of ether oxygens (including phenoxy) is 3. The van der Waals surface area contributed by atoms with Crippen molar-refractivity contribution in [2.24, 2.45) is 5.92 Å². The van der Waals surface area contributed by atoms with Crippen molar-refractivity contribution in [1.29, 1.82) is 0 Å². The number of carbonyl (C=O) groups excluding carboxylic acids is 2. The van der Waals surface area contributed by atoms with Gasteiger partial charge in [0.2, 0.25) is 11.8 Å². The summed E-state index contributed by atoms with van der Waals surface area (Å²) < 4.78 is 15.5. The van der Waals surface area contributed by atoms with E-state index in [1.165, 1.54) is 4.90 Å². The van der Waals surface area contributed by atoms with Crippen molar-refractivity contribution in [2.75, 3.05) is 67.3 Å². The largest absolute Gasteiger partial charge is 0.382 e. The number of methoxy groups -OCH3 is 1. The molecule has 0 aromatic carbocycles. The zero-order chi connectivity index (χ0) is 21.2. The Kier molecular flexibility index (Phi) is 17.1. The number of hydrogen-bond acceptors (Lipinski definition) is 6. The predicted molar refractivity (Wildman–Crippen MR) is 110 cm³/mol. The van der Waals surface area contributed by atoms with Crippen LogP contribution in [0.5, 0.6) is 0 Å². The quantitative estimate of drug-likeness (QED) is 0.333. The molecule has 0 saturated carbocycles. The number of rotatable bonds is 18. The monoisotopic (exact) mass is 403 g/mol. The van der Waals surface area contributed by atoms with Crippen LogP contribution in [0, 0.1) is 5.92 Å². The van der Waals surface area contributed by atoms with Crippen LogP contribution in [0.1, 0.15) is 39.5 Å². The lowest BCUT2D eigenvalue weighted by Crippen LogP contribution is -2.51. The Morgan fingerprint density at radius 2 is 1.54 bits per heavy atom. The van der Waals surface area contributed by atoms with Crippen LogP contribution >= 0.6 is 0 Å². The van der Waals surface area contributed by atoms with Gasteiger partial charge < -0.3 is 29.7 Å². The molecule has 2 amide bonds. The van der Waals surface area contributed by atoms with Crippen molar-refractivity contribution in [2.45, 2.75) is 45.6 Å². The van der Waals surface area contributed by atoms with E-state index in [0.717, 1.165) is 32.2 Å². The molecule has 0 bridgehead atoms. The summed E-state index contributed by atoms with van der Waals surface area (Å²) in [5, 5.41) is 6.09. The lowest BCUT2D eigenvalue weighted by Gasteiger charge is -2.30. The summed E-state index contributed by atoms with van der Waals surface area (Å²) in [6.45, 7) is 7.24. The van der Waals surface area contributed by atoms with Gasteiger partial charge in [-0.1, -0.05) is 26.7 Å². The zero-order valence-corrected chi connectivity index (χ0v) is 18.4. The van der Waals surface area contributed by atoms with Crippen molar-refractivity contribution in [3.05, 3.63) is 0 Å². The molecular weight excluding hydrogens is 362 g/mol. The number of hydrogen-bond donors (Lipinski definition) is 2. The van der Waals surface area contributed by atoms with E-state index >= 15 is 0 Å². The first-order valence-electron chi connectivity index (χ1n) is 10.3. The fraction of sp³-hybridized carbons (Fsp3) is 0.900. The Morgan fingerprint density at radius 1 is 0.929 bits per heavy atom.